The van der Waals surface area contributed by atoms with Crippen LogP contribution in [-0.4, -0.2) is 22.4 Å². The van der Waals surface area contributed by atoms with E-state index in [1.54, 1.807) is 6.20 Å². The summed E-state index contributed by atoms with van der Waals surface area (Å²) in [5.41, 5.74) is 1.18. The maximum absolute atomic E-state index is 6.18. The van der Waals surface area contributed by atoms with E-state index < -0.39 is 0 Å². The number of nitrogens with one attached hydrogen (secondary N) is 1. The van der Waals surface area contributed by atoms with E-state index in [-0.39, 0.29) is 0 Å². The zero-order chi connectivity index (χ0) is 13.4. The van der Waals surface area contributed by atoms with Gasteiger partial charge in [-0.25, -0.2) is 0 Å². The van der Waals surface area contributed by atoms with Gasteiger partial charge in [-0.2, -0.15) is 5.10 Å². The van der Waals surface area contributed by atoms with E-state index >= 15 is 0 Å². The maximum atomic E-state index is 6.18. The van der Waals surface area contributed by atoms with Gasteiger partial charge < -0.3 is 5.32 Å². The lowest BCUT2D eigenvalue weighted by Gasteiger charge is -2.18. The summed E-state index contributed by atoms with van der Waals surface area (Å²) in [5, 5.41) is 8.71. The molecule has 0 saturated heterocycles. The highest BCUT2D eigenvalue weighted by Crippen LogP contribution is 2.18. The second-order valence-corrected chi connectivity index (χ2v) is 5.14. The normalized spacial score (nSPS) is 12.9. The summed E-state index contributed by atoms with van der Waals surface area (Å²) in [6.45, 7) is 8.54. The minimum Gasteiger partial charge on any atom is -0.314 e. The molecule has 1 unspecified atom stereocenters. The molecule has 0 aliphatic carbocycles. The highest BCUT2D eigenvalue weighted by molar-refractivity contribution is 6.31. The first-order valence-corrected chi connectivity index (χ1v) is 7.54. The molecule has 1 aromatic heterocycles. The molecule has 0 aliphatic rings. The average Bonchev–Trinajstić information content (AvgIpc) is 2.73. The van der Waals surface area contributed by atoms with Crippen LogP contribution in [0.1, 0.15) is 52.1 Å². The Morgan fingerprint density at radius 2 is 2.06 bits per heavy atom. The second-order valence-electron chi connectivity index (χ2n) is 4.73. The van der Waals surface area contributed by atoms with Crippen LogP contribution in [0.25, 0.3) is 0 Å². The third kappa shape index (κ3) is 4.62. The molecule has 104 valence electrons. The molecule has 1 atom stereocenters. The topological polar surface area (TPSA) is 29.9 Å². The molecule has 0 bridgehead atoms. The van der Waals surface area contributed by atoms with Gasteiger partial charge in [0.1, 0.15) is 0 Å². The Balaban J connectivity index is 2.51. The van der Waals surface area contributed by atoms with Crippen LogP contribution in [0, 0.1) is 0 Å². The molecule has 1 N–H and O–H groups in total. The van der Waals surface area contributed by atoms with Gasteiger partial charge in [-0.15, -0.1) is 0 Å². The Labute approximate surface area is 116 Å². The molecule has 18 heavy (non-hydrogen) atoms. The van der Waals surface area contributed by atoms with Crippen molar-refractivity contribution in [3.8, 4) is 0 Å². The van der Waals surface area contributed by atoms with Gasteiger partial charge in [-0.1, -0.05) is 31.9 Å². The standard InChI is InChI=1S/C14H26ClN3/c1-4-7-12(16-10-5-2)8-9-14-13(15)11-17-18(14)6-3/h11-12,16H,4-10H2,1-3H3. The van der Waals surface area contributed by atoms with Crippen molar-refractivity contribution in [2.75, 3.05) is 6.54 Å². The molecule has 0 amide bonds. The van der Waals surface area contributed by atoms with Crippen molar-refractivity contribution in [3.63, 3.8) is 0 Å². The number of hydrogen-bond donors (Lipinski definition) is 1. The average molecular weight is 272 g/mol. The van der Waals surface area contributed by atoms with Gasteiger partial charge >= 0.3 is 0 Å². The molecule has 0 fully saturated rings. The van der Waals surface area contributed by atoms with E-state index in [2.05, 4.69) is 31.2 Å². The van der Waals surface area contributed by atoms with Gasteiger partial charge in [0.15, 0.2) is 0 Å². The molecule has 1 heterocycles. The van der Waals surface area contributed by atoms with E-state index in [0.717, 1.165) is 31.0 Å². The number of hydrogen-bond acceptors (Lipinski definition) is 2. The van der Waals surface area contributed by atoms with Crippen molar-refractivity contribution >= 4 is 11.6 Å². The molecule has 1 aromatic rings. The van der Waals surface area contributed by atoms with Gasteiger partial charge in [0.2, 0.25) is 0 Å². The van der Waals surface area contributed by atoms with Crippen molar-refractivity contribution in [1.82, 2.24) is 15.1 Å². The number of rotatable bonds is 9. The second kappa shape index (κ2) is 8.54. The maximum Gasteiger partial charge on any atom is 0.0817 e. The fourth-order valence-electron chi connectivity index (χ4n) is 2.27. The summed E-state index contributed by atoms with van der Waals surface area (Å²) in [4.78, 5) is 0. The van der Waals surface area contributed by atoms with Crippen molar-refractivity contribution in [2.24, 2.45) is 0 Å². The van der Waals surface area contributed by atoms with Crippen LogP contribution in [0.5, 0.6) is 0 Å². The highest BCUT2D eigenvalue weighted by atomic mass is 35.5. The molecule has 0 radical (unpaired) electrons. The summed E-state index contributed by atoms with van der Waals surface area (Å²) in [5.74, 6) is 0. The van der Waals surface area contributed by atoms with Crippen LogP contribution in [0.3, 0.4) is 0 Å². The van der Waals surface area contributed by atoms with E-state index in [0.29, 0.717) is 6.04 Å². The molecular formula is C14H26ClN3. The van der Waals surface area contributed by atoms with Crippen LogP contribution < -0.4 is 5.32 Å². The zero-order valence-electron chi connectivity index (χ0n) is 11.9. The van der Waals surface area contributed by atoms with Gasteiger partial charge in [0, 0.05) is 12.6 Å². The van der Waals surface area contributed by atoms with Crippen LogP contribution in [0.4, 0.5) is 0 Å². The lowest BCUT2D eigenvalue weighted by atomic mass is 10.0. The highest BCUT2D eigenvalue weighted by Gasteiger charge is 2.12. The Morgan fingerprint density at radius 1 is 1.28 bits per heavy atom. The lowest BCUT2D eigenvalue weighted by Crippen LogP contribution is -2.30. The van der Waals surface area contributed by atoms with Gasteiger partial charge in [0.05, 0.1) is 16.9 Å². The van der Waals surface area contributed by atoms with Crippen LogP contribution in [0.2, 0.25) is 5.02 Å². The molecular weight excluding hydrogens is 246 g/mol. The number of aryl methyl sites for hydroxylation is 1. The number of nitrogens with zero attached hydrogens (tertiary/aromatic N) is 2. The Bertz CT molecular complexity index is 336. The number of aromatic nitrogens is 2. The largest absolute Gasteiger partial charge is 0.314 e. The minimum absolute atomic E-state index is 0.603. The third-order valence-electron chi connectivity index (χ3n) is 3.25. The first-order chi connectivity index (χ1) is 8.72. The predicted octanol–water partition coefficient (Wildman–Crippen LogP) is 3.66. The Kier molecular flexibility index (Phi) is 7.36. The van der Waals surface area contributed by atoms with Crippen molar-refractivity contribution in [1.29, 1.82) is 0 Å². The molecule has 3 nitrogen and oxygen atoms in total. The predicted molar refractivity (Wildman–Crippen MR) is 78.2 cm³/mol. The van der Waals surface area contributed by atoms with Gasteiger partial charge in [0.25, 0.3) is 0 Å². The Morgan fingerprint density at radius 3 is 2.67 bits per heavy atom. The molecule has 0 saturated carbocycles. The molecule has 1 rings (SSSR count). The Hall–Kier alpha value is -0.540. The van der Waals surface area contributed by atoms with Crippen molar-refractivity contribution in [3.05, 3.63) is 16.9 Å². The molecule has 0 aliphatic heterocycles. The molecule has 0 aromatic carbocycles. The number of halogens is 1. The van der Waals surface area contributed by atoms with Crippen LogP contribution >= 0.6 is 11.6 Å². The monoisotopic (exact) mass is 271 g/mol. The first kappa shape index (κ1) is 15.5. The van der Waals surface area contributed by atoms with E-state index in [9.17, 15) is 0 Å². The minimum atomic E-state index is 0.603. The van der Waals surface area contributed by atoms with Gasteiger partial charge in [-0.3, -0.25) is 4.68 Å². The van der Waals surface area contributed by atoms with E-state index in [1.165, 1.54) is 25.0 Å². The molecule has 0 spiro atoms. The van der Waals surface area contributed by atoms with Crippen molar-refractivity contribution < 1.29 is 0 Å². The SMILES string of the molecule is CCCNC(CCC)CCc1c(Cl)cnn1CC. The molecule has 4 heteroatoms. The zero-order valence-corrected chi connectivity index (χ0v) is 12.6. The quantitative estimate of drug-likeness (QED) is 0.743. The smallest absolute Gasteiger partial charge is 0.0817 e. The van der Waals surface area contributed by atoms with Gasteiger partial charge in [-0.05, 0) is 39.2 Å². The fourth-order valence-corrected chi connectivity index (χ4v) is 2.50. The van der Waals surface area contributed by atoms with Crippen molar-refractivity contribution in [2.45, 2.75) is 65.5 Å². The third-order valence-corrected chi connectivity index (χ3v) is 3.56. The lowest BCUT2D eigenvalue weighted by molar-refractivity contribution is 0.442. The summed E-state index contributed by atoms with van der Waals surface area (Å²) in [6, 6.07) is 0.603. The van der Waals surface area contributed by atoms with E-state index in [1.807, 2.05) is 4.68 Å². The summed E-state index contributed by atoms with van der Waals surface area (Å²) in [7, 11) is 0. The van der Waals surface area contributed by atoms with Crippen LogP contribution in [-0.2, 0) is 13.0 Å². The van der Waals surface area contributed by atoms with E-state index in [4.69, 9.17) is 11.6 Å². The summed E-state index contributed by atoms with van der Waals surface area (Å²) in [6.07, 6.45) is 7.55. The fraction of sp³-hybridized carbons (Fsp3) is 0.786. The van der Waals surface area contributed by atoms with Crippen LogP contribution in [0.15, 0.2) is 6.20 Å². The first-order valence-electron chi connectivity index (χ1n) is 7.16. The summed E-state index contributed by atoms with van der Waals surface area (Å²) < 4.78 is 2.01. The summed E-state index contributed by atoms with van der Waals surface area (Å²) >= 11 is 6.18.